The topological polar surface area (TPSA) is 24.9 Å². The summed E-state index contributed by atoms with van der Waals surface area (Å²) in [4.78, 5) is 6.56. The predicted octanol–water partition coefficient (Wildman–Crippen LogP) is 5.38. The highest BCUT2D eigenvalue weighted by atomic mass is 32.1. The Labute approximate surface area is 134 Å². The van der Waals surface area contributed by atoms with Gasteiger partial charge in [-0.25, -0.2) is 4.98 Å². The molecule has 1 aromatic rings. The van der Waals surface area contributed by atoms with Crippen molar-refractivity contribution in [3.05, 3.63) is 15.6 Å². The Bertz CT molecular complexity index is 435. The second kappa shape index (κ2) is 7.23. The van der Waals surface area contributed by atoms with Gasteiger partial charge in [-0.3, -0.25) is 0 Å². The Kier molecular flexibility index (Phi) is 5.84. The molecule has 0 spiro atoms. The normalized spacial score (nSPS) is 18.2. The van der Waals surface area contributed by atoms with Crippen LogP contribution in [0.15, 0.2) is 0 Å². The molecule has 0 saturated heterocycles. The first-order valence-corrected chi connectivity index (χ1v) is 9.43. The van der Waals surface area contributed by atoms with Gasteiger partial charge in [-0.2, -0.15) is 0 Å². The molecule has 1 N–H and O–H groups in total. The van der Waals surface area contributed by atoms with Gasteiger partial charge in [-0.15, -0.1) is 11.3 Å². The fourth-order valence-corrected chi connectivity index (χ4v) is 4.47. The molecule has 120 valence electrons. The second-order valence-corrected chi connectivity index (χ2v) is 8.91. The molecule has 0 unspecified atom stereocenters. The van der Waals surface area contributed by atoms with Crippen LogP contribution in [0.5, 0.6) is 0 Å². The van der Waals surface area contributed by atoms with Crippen LogP contribution in [-0.4, -0.2) is 11.0 Å². The van der Waals surface area contributed by atoms with Gasteiger partial charge in [-0.05, 0) is 12.8 Å². The molecule has 2 nitrogen and oxygen atoms in total. The van der Waals surface area contributed by atoms with E-state index < -0.39 is 0 Å². The van der Waals surface area contributed by atoms with Gasteiger partial charge in [0.2, 0.25) is 0 Å². The third kappa shape index (κ3) is 4.79. The largest absolute Gasteiger partial charge is 0.310 e. The minimum Gasteiger partial charge on any atom is -0.310 e. The minimum atomic E-state index is 0.146. The Morgan fingerprint density at radius 1 is 1.14 bits per heavy atom. The van der Waals surface area contributed by atoms with E-state index in [0.29, 0.717) is 12.0 Å². The van der Waals surface area contributed by atoms with Crippen molar-refractivity contribution in [2.24, 2.45) is 0 Å². The molecule has 21 heavy (non-hydrogen) atoms. The third-order valence-electron chi connectivity index (χ3n) is 4.30. The molecule has 0 atom stereocenters. The fourth-order valence-electron chi connectivity index (χ4n) is 3.07. The highest BCUT2D eigenvalue weighted by Gasteiger charge is 2.26. The lowest BCUT2D eigenvalue weighted by Gasteiger charge is -2.18. The van der Waals surface area contributed by atoms with Crippen molar-refractivity contribution in [3.63, 3.8) is 0 Å². The number of thiazole rings is 1. The van der Waals surface area contributed by atoms with E-state index in [1.54, 1.807) is 0 Å². The molecule has 1 aromatic heterocycles. The van der Waals surface area contributed by atoms with Crippen LogP contribution in [-0.2, 0) is 12.0 Å². The summed E-state index contributed by atoms with van der Waals surface area (Å²) in [5.74, 6) is 0.714. The van der Waals surface area contributed by atoms with Crippen molar-refractivity contribution in [1.29, 1.82) is 0 Å². The van der Waals surface area contributed by atoms with Gasteiger partial charge in [0.05, 0.1) is 10.7 Å². The molecule has 0 amide bonds. The number of rotatable bonds is 4. The Balaban J connectivity index is 2.22. The number of hydrogen-bond acceptors (Lipinski definition) is 3. The first-order valence-electron chi connectivity index (χ1n) is 8.61. The van der Waals surface area contributed by atoms with Crippen LogP contribution in [0.25, 0.3) is 0 Å². The lowest BCUT2D eigenvalue weighted by atomic mass is 9.91. The minimum absolute atomic E-state index is 0.146. The second-order valence-electron chi connectivity index (χ2n) is 7.80. The summed E-state index contributed by atoms with van der Waals surface area (Å²) in [5, 5.41) is 4.98. The van der Waals surface area contributed by atoms with Gasteiger partial charge in [0.1, 0.15) is 0 Å². The fraction of sp³-hybridized carbons (Fsp3) is 0.833. The van der Waals surface area contributed by atoms with E-state index in [0.717, 1.165) is 6.54 Å². The summed E-state index contributed by atoms with van der Waals surface area (Å²) in [6.45, 7) is 12.3. The monoisotopic (exact) mass is 308 g/mol. The lowest BCUT2D eigenvalue weighted by Crippen LogP contribution is -2.23. The quantitative estimate of drug-likeness (QED) is 0.756. The number of hydrogen-bond donors (Lipinski definition) is 1. The van der Waals surface area contributed by atoms with Gasteiger partial charge in [0, 0.05) is 28.8 Å². The lowest BCUT2D eigenvalue weighted by molar-refractivity contribution is 0.537. The zero-order chi connectivity index (χ0) is 15.5. The van der Waals surface area contributed by atoms with Gasteiger partial charge in [-0.1, -0.05) is 60.3 Å². The van der Waals surface area contributed by atoms with Crippen LogP contribution in [0.3, 0.4) is 0 Å². The average Bonchev–Trinajstić information content (AvgIpc) is 2.64. The summed E-state index contributed by atoms with van der Waals surface area (Å²) < 4.78 is 0. The molecule has 1 aliphatic rings. The highest BCUT2D eigenvalue weighted by Crippen LogP contribution is 2.38. The molecule has 3 heteroatoms. The van der Waals surface area contributed by atoms with E-state index in [-0.39, 0.29) is 5.41 Å². The zero-order valence-electron chi connectivity index (χ0n) is 14.5. The Morgan fingerprint density at radius 3 is 2.29 bits per heavy atom. The number of nitrogens with zero attached hydrogens (tertiary/aromatic N) is 1. The predicted molar refractivity (Wildman–Crippen MR) is 93.2 cm³/mol. The number of nitrogens with one attached hydrogen (secondary N) is 1. The molecule has 2 rings (SSSR count). The molecule has 0 aromatic carbocycles. The van der Waals surface area contributed by atoms with Gasteiger partial charge in [0.25, 0.3) is 0 Å². The molecular formula is C18H32N2S. The first kappa shape index (κ1) is 17.0. The summed E-state index contributed by atoms with van der Waals surface area (Å²) in [6, 6.07) is 0.529. The van der Waals surface area contributed by atoms with E-state index in [2.05, 4.69) is 39.9 Å². The van der Waals surface area contributed by atoms with Crippen molar-refractivity contribution in [1.82, 2.24) is 10.3 Å². The van der Waals surface area contributed by atoms with Gasteiger partial charge in [0.15, 0.2) is 0 Å². The van der Waals surface area contributed by atoms with E-state index >= 15 is 0 Å². The van der Waals surface area contributed by atoms with Crippen LogP contribution >= 0.6 is 11.3 Å². The standard InChI is InChI=1S/C18H32N2S/c1-13(2)19-12-15-16(18(3,4)5)20-17(21-15)14-10-8-6-7-9-11-14/h13-14,19H,6-12H2,1-5H3. The molecule has 0 bridgehead atoms. The van der Waals surface area contributed by atoms with Gasteiger partial charge >= 0.3 is 0 Å². The average molecular weight is 309 g/mol. The summed E-state index contributed by atoms with van der Waals surface area (Å²) >= 11 is 1.97. The molecule has 0 aliphatic heterocycles. The highest BCUT2D eigenvalue weighted by molar-refractivity contribution is 7.11. The van der Waals surface area contributed by atoms with Crippen LogP contribution in [0.4, 0.5) is 0 Å². The first-order chi connectivity index (χ1) is 9.88. The van der Waals surface area contributed by atoms with Crippen molar-refractivity contribution < 1.29 is 0 Å². The molecule has 1 aliphatic carbocycles. The molecule has 1 fully saturated rings. The van der Waals surface area contributed by atoms with Crippen molar-refractivity contribution in [2.75, 3.05) is 0 Å². The van der Waals surface area contributed by atoms with E-state index in [9.17, 15) is 0 Å². The van der Waals surface area contributed by atoms with Gasteiger partial charge < -0.3 is 5.32 Å². The Morgan fingerprint density at radius 2 is 1.76 bits per heavy atom. The maximum absolute atomic E-state index is 5.10. The molecule has 1 saturated carbocycles. The summed E-state index contributed by atoms with van der Waals surface area (Å²) in [5.41, 5.74) is 1.47. The van der Waals surface area contributed by atoms with Crippen LogP contribution in [0.1, 0.15) is 94.6 Å². The molecule has 1 heterocycles. The number of aromatic nitrogens is 1. The smallest absolute Gasteiger partial charge is 0.0962 e. The zero-order valence-corrected chi connectivity index (χ0v) is 15.3. The van der Waals surface area contributed by atoms with E-state index in [1.165, 1.54) is 54.1 Å². The van der Waals surface area contributed by atoms with Crippen LogP contribution < -0.4 is 5.32 Å². The molecular weight excluding hydrogens is 276 g/mol. The van der Waals surface area contributed by atoms with E-state index in [1.807, 2.05) is 11.3 Å². The van der Waals surface area contributed by atoms with Crippen LogP contribution in [0, 0.1) is 0 Å². The van der Waals surface area contributed by atoms with Crippen molar-refractivity contribution in [3.8, 4) is 0 Å². The Hall–Kier alpha value is -0.410. The molecule has 0 radical (unpaired) electrons. The van der Waals surface area contributed by atoms with Crippen molar-refractivity contribution in [2.45, 2.75) is 97.1 Å². The maximum atomic E-state index is 5.10. The maximum Gasteiger partial charge on any atom is 0.0962 e. The summed E-state index contributed by atoms with van der Waals surface area (Å²) in [7, 11) is 0. The van der Waals surface area contributed by atoms with Crippen molar-refractivity contribution >= 4 is 11.3 Å². The summed E-state index contributed by atoms with van der Waals surface area (Å²) in [6.07, 6.45) is 8.27. The third-order valence-corrected chi connectivity index (χ3v) is 5.52. The van der Waals surface area contributed by atoms with Crippen LogP contribution in [0.2, 0.25) is 0 Å². The van der Waals surface area contributed by atoms with E-state index in [4.69, 9.17) is 4.98 Å². The SMILES string of the molecule is CC(C)NCc1sc(C2CCCCCC2)nc1C(C)(C)C.